The van der Waals surface area contributed by atoms with E-state index >= 15 is 0 Å². The number of H-pyrrole nitrogens is 1. The average Bonchev–Trinajstić information content (AvgIpc) is 3.46. The van der Waals surface area contributed by atoms with E-state index in [-0.39, 0.29) is 18.4 Å². The third kappa shape index (κ3) is 3.35. The van der Waals surface area contributed by atoms with Gasteiger partial charge in [-0.3, -0.25) is 9.89 Å². The number of aliphatic hydroxyl groups is 1. The van der Waals surface area contributed by atoms with Crippen molar-refractivity contribution in [3.05, 3.63) is 60.3 Å². The number of nitrogens with zero attached hydrogens (tertiary/aromatic N) is 5. The smallest absolute Gasteiger partial charge is 0.253 e. The zero-order chi connectivity index (χ0) is 20.5. The van der Waals surface area contributed by atoms with Crippen LogP contribution in [0.4, 0.5) is 0 Å². The predicted molar refractivity (Wildman–Crippen MR) is 112 cm³/mol. The highest BCUT2D eigenvalue weighted by atomic mass is 16.3. The fourth-order valence-electron chi connectivity index (χ4n) is 4.00. The third-order valence-corrected chi connectivity index (χ3v) is 5.65. The van der Waals surface area contributed by atoms with Gasteiger partial charge in [0.25, 0.3) is 5.91 Å². The van der Waals surface area contributed by atoms with E-state index in [1.807, 2.05) is 59.6 Å². The van der Waals surface area contributed by atoms with Gasteiger partial charge in [0, 0.05) is 30.6 Å². The Balaban J connectivity index is 1.36. The molecule has 30 heavy (non-hydrogen) atoms. The monoisotopic (exact) mass is 402 g/mol. The Morgan fingerprint density at radius 2 is 2.00 bits per heavy atom. The fraction of sp³-hybridized carbons (Fsp3) is 0.273. The van der Waals surface area contributed by atoms with Crippen LogP contribution < -0.4 is 0 Å². The Hall–Kier alpha value is -3.52. The standard InChI is InChI=1S/C22H22N6O2/c29-14-15-4-3-11-27(12-15)22(30)16-7-9-17(10-8-16)28-13-20(24-26-28)21-18-5-1-2-6-19(18)23-25-21/h1-2,5-10,13,15,29H,3-4,11-12,14H2,(H,23,25). The van der Waals surface area contributed by atoms with Crippen LogP contribution in [0.5, 0.6) is 0 Å². The van der Waals surface area contributed by atoms with Crippen molar-refractivity contribution < 1.29 is 9.90 Å². The largest absolute Gasteiger partial charge is 0.396 e. The minimum atomic E-state index is 0.00183. The number of fused-ring (bicyclic) bond motifs is 1. The van der Waals surface area contributed by atoms with Crippen LogP contribution in [0.2, 0.25) is 0 Å². The average molecular weight is 402 g/mol. The molecule has 8 heteroatoms. The molecule has 0 bridgehead atoms. The molecule has 0 aliphatic carbocycles. The van der Waals surface area contributed by atoms with Gasteiger partial charge in [0.1, 0.15) is 11.4 Å². The third-order valence-electron chi connectivity index (χ3n) is 5.65. The number of aliphatic hydroxyl groups excluding tert-OH is 1. The van der Waals surface area contributed by atoms with Gasteiger partial charge in [0.05, 0.1) is 17.4 Å². The van der Waals surface area contributed by atoms with Crippen LogP contribution >= 0.6 is 0 Å². The topological polar surface area (TPSA) is 99.9 Å². The van der Waals surface area contributed by atoms with Gasteiger partial charge in [-0.1, -0.05) is 23.4 Å². The highest BCUT2D eigenvalue weighted by Gasteiger charge is 2.24. The van der Waals surface area contributed by atoms with Gasteiger partial charge in [-0.2, -0.15) is 5.10 Å². The molecule has 0 spiro atoms. The number of benzene rings is 2. The summed E-state index contributed by atoms with van der Waals surface area (Å²) in [4.78, 5) is 14.6. The molecule has 1 atom stereocenters. The number of aromatic amines is 1. The molecule has 2 aromatic heterocycles. The molecule has 8 nitrogen and oxygen atoms in total. The zero-order valence-corrected chi connectivity index (χ0v) is 16.4. The van der Waals surface area contributed by atoms with Gasteiger partial charge in [-0.25, -0.2) is 4.68 Å². The summed E-state index contributed by atoms with van der Waals surface area (Å²) in [5.74, 6) is 0.177. The van der Waals surface area contributed by atoms with Crippen molar-refractivity contribution in [2.24, 2.45) is 5.92 Å². The van der Waals surface area contributed by atoms with E-state index in [2.05, 4.69) is 20.5 Å². The van der Waals surface area contributed by atoms with Crippen molar-refractivity contribution in [2.45, 2.75) is 12.8 Å². The van der Waals surface area contributed by atoms with E-state index < -0.39 is 0 Å². The number of piperidine rings is 1. The molecular weight excluding hydrogens is 380 g/mol. The van der Waals surface area contributed by atoms with Crippen LogP contribution in [0.25, 0.3) is 28.0 Å². The van der Waals surface area contributed by atoms with Gasteiger partial charge in [0.15, 0.2) is 0 Å². The molecule has 152 valence electrons. The van der Waals surface area contributed by atoms with Gasteiger partial charge < -0.3 is 10.0 Å². The maximum absolute atomic E-state index is 12.8. The second-order valence-corrected chi connectivity index (χ2v) is 7.66. The Bertz CT molecular complexity index is 1180. The fourth-order valence-corrected chi connectivity index (χ4v) is 4.00. The van der Waals surface area contributed by atoms with Crippen LogP contribution in [-0.4, -0.2) is 60.8 Å². The van der Waals surface area contributed by atoms with E-state index in [0.29, 0.717) is 17.8 Å². The number of amides is 1. The Labute approximate surface area is 173 Å². The summed E-state index contributed by atoms with van der Waals surface area (Å²) >= 11 is 0. The second-order valence-electron chi connectivity index (χ2n) is 7.66. The van der Waals surface area contributed by atoms with Crippen LogP contribution in [0.15, 0.2) is 54.7 Å². The van der Waals surface area contributed by atoms with Gasteiger partial charge in [-0.05, 0) is 49.1 Å². The molecule has 1 unspecified atom stereocenters. The summed E-state index contributed by atoms with van der Waals surface area (Å²) in [7, 11) is 0. The summed E-state index contributed by atoms with van der Waals surface area (Å²) in [5, 5.41) is 26.3. The SMILES string of the molecule is O=C(c1ccc(-n2cc(-c3n[nH]c4ccccc34)nn2)cc1)N1CCCC(CO)C1. The predicted octanol–water partition coefficient (Wildman–Crippen LogP) is 2.66. The van der Waals surface area contributed by atoms with E-state index in [1.165, 1.54) is 0 Å². The summed E-state index contributed by atoms with van der Waals surface area (Å²) in [6, 6.07) is 15.2. The first-order chi connectivity index (χ1) is 14.7. The van der Waals surface area contributed by atoms with E-state index in [4.69, 9.17) is 0 Å². The highest BCUT2D eigenvalue weighted by Crippen LogP contribution is 2.25. The molecule has 0 radical (unpaired) electrons. The lowest BCUT2D eigenvalue weighted by Gasteiger charge is -2.31. The molecule has 3 heterocycles. The number of hydrogen-bond acceptors (Lipinski definition) is 5. The molecule has 1 saturated heterocycles. The van der Waals surface area contributed by atoms with Gasteiger partial charge >= 0.3 is 0 Å². The molecule has 5 rings (SSSR count). The summed E-state index contributed by atoms with van der Waals surface area (Å²) in [6.45, 7) is 1.48. The number of likely N-dealkylation sites (tertiary alicyclic amines) is 1. The molecule has 1 aliphatic rings. The highest BCUT2D eigenvalue weighted by molar-refractivity contribution is 5.94. The summed E-state index contributed by atoms with van der Waals surface area (Å²) < 4.78 is 1.68. The van der Waals surface area contributed by atoms with E-state index in [9.17, 15) is 9.90 Å². The number of carbonyl (C=O) groups excluding carboxylic acids is 1. The summed E-state index contributed by atoms with van der Waals surface area (Å²) in [6.07, 6.45) is 3.73. The number of para-hydroxylation sites is 1. The molecule has 1 amide bonds. The lowest BCUT2D eigenvalue weighted by molar-refractivity contribution is 0.0620. The summed E-state index contributed by atoms with van der Waals surface area (Å²) in [5.41, 5.74) is 3.84. The lowest BCUT2D eigenvalue weighted by Crippen LogP contribution is -2.40. The minimum absolute atomic E-state index is 0.00183. The molecule has 2 aromatic carbocycles. The maximum Gasteiger partial charge on any atom is 0.253 e. The Morgan fingerprint density at radius 1 is 1.17 bits per heavy atom. The Kier molecular flexibility index (Phi) is 4.76. The van der Waals surface area contributed by atoms with Crippen molar-refractivity contribution >= 4 is 16.8 Å². The molecule has 0 saturated carbocycles. The van der Waals surface area contributed by atoms with Gasteiger partial charge in [-0.15, -0.1) is 5.10 Å². The molecule has 2 N–H and O–H groups in total. The molecule has 1 fully saturated rings. The van der Waals surface area contributed by atoms with Crippen molar-refractivity contribution in [2.75, 3.05) is 19.7 Å². The number of rotatable bonds is 4. The number of carbonyl (C=O) groups is 1. The minimum Gasteiger partial charge on any atom is -0.396 e. The van der Waals surface area contributed by atoms with E-state index in [0.717, 1.165) is 41.7 Å². The van der Waals surface area contributed by atoms with Gasteiger partial charge in [0.2, 0.25) is 0 Å². The molecule has 1 aliphatic heterocycles. The van der Waals surface area contributed by atoms with Crippen LogP contribution in [0, 0.1) is 5.92 Å². The van der Waals surface area contributed by atoms with Crippen LogP contribution in [0.1, 0.15) is 23.2 Å². The number of hydrogen-bond donors (Lipinski definition) is 2. The molecular formula is C22H22N6O2. The lowest BCUT2D eigenvalue weighted by atomic mass is 9.98. The van der Waals surface area contributed by atoms with Crippen molar-refractivity contribution in [1.29, 1.82) is 0 Å². The first-order valence-electron chi connectivity index (χ1n) is 10.1. The van der Waals surface area contributed by atoms with Crippen molar-refractivity contribution in [3.63, 3.8) is 0 Å². The van der Waals surface area contributed by atoms with Crippen LogP contribution in [-0.2, 0) is 0 Å². The zero-order valence-electron chi connectivity index (χ0n) is 16.4. The number of aromatic nitrogens is 5. The van der Waals surface area contributed by atoms with Crippen LogP contribution in [0.3, 0.4) is 0 Å². The quantitative estimate of drug-likeness (QED) is 0.547. The van der Waals surface area contributed by atoms with Crippen molar-refractivity contribution in [1.82, 2.24) is 30.1 Å². The van der Waals surface area contributed by atoms with Crippen molar-refractivity contribution in [3.8, 4) is 17.1 Å². The Morgan fingerprint density at radius 3 is 2.83 bits per heavy atom. The van der Waals surface area contributed by atoms with E-state index in [1.54, 1.807) is 4.68 Å². The number of nitrogens with one attached hydrogen (secondary N) is 1. The normalized spacial score (nSPS) is 16.8. The molecule has 4 aromatic rings. The second kappa shape index (κ2) is 7.72. The first kappa shape index (κ1) is 18.5. The first-order valence-corrected chi connectivity index (χ1v) is 10.1. The maximum atomic E-state index is 12.8.